The molecule has 1 aliphatic carbocycles. The number of rotatable bonds is 5. The van der Waals surface area contributed by atoms with Crippen LogP contribution in [0.25, 0.3) is 0 Å². The Balaban J connectivity index is 1.97. The smallest absolute Gasteiger partial charge is 0.267 e. The first-order valence-corrected chi connectivity index (χ1v) is 11.8. The zero-order valence-corrected chi connectivity index (χ0v) is 17.8. The van der Waals surface area contributed by atoms with Crippen molar-refractivity contribution >= 4 is 27.5 Å². The molecule has 0 radical (unpaired) electrons. The van der Waals surface area contributed by atoms with Crippen LogP contribution in [0.15, 0.2) is 23.1 Å². The second kappa shape index (κ2) is 9.11. The zero-order valence-electron chi connectivity index (χ0n) is 16.2. The Labute approximate surface area is 172 Å². The Hall–Kier alpha value is -1.15. The predicted molar refractivity (Wildman–Crippen MR) is 109 cm³/mol. The Morgan fingerprint density at radius 3 is 2.57 bits per heavy atom. The number of carbonyl (C=O) groups is 1. The second-order valence-corrected chi connectivity index (χ2v) is 10.1. The first-order valence-electron chi connectivity index (χ1n) is 10.0. The standard InChI is InChI=1S/C20H29ClN2O4S/c1-14-18(21)5-2-6-19(14)28(26,27)23(17-9-7-15(13-24)8-10-17)20(25)16-4-3-11-22-12-16/h2,5-6,15-17,22,24H,3-4,7-13H2,1H3/t15?,16-,17?/m0/s1. The molecule has 0 bridgehead atoms. The summed E-state index contributed by atoms with van der Waals surface area (Å²) in [7, 11) is -4.02. The molecule has 2 N–H and O–H groups in total. The van der Waals surface area contributed by atoms with Gasteiger partial charge in [0.2, 0.25) is 5.91 Å². The van der Waals surface area contributed by atoms with Crippen molar-refractivity contribution in [3.63, 3.8) is 0 Å². The predicted octanol–water partition coefficient (Wildman–Crippen LogP) is 2.72. The SMILES string of the molecule is Cc1c(Cl)cccc1S(=O)(=O)N(C(=O)[C@H]1CCCNC1)C1CCC(CO)CC1. The molecule has 6 nitrogen and oxygen atoms in total. The molecule has 0 unspecified atom stereocenters. The van der Waals surface area contributed by atoms with Crippen LogP contribution in [0.5, 0.6) is 0 Å². The number of piperidine rings is 1. The summed E-state index contributed by atoms with van der Waals surface area (Å²) in [6.07, 6.45) is 4.15. The highest BCUT2D eigenvalue weighted by atomic mass is 35.5. The van der Waals surface area contributed by atoms with E-state index >= 15 is 0 Å². The quantitative estimate of drug-likeness (QED) is 0.752. The molecule has 1 heterocycles. The van der Waals surface area contributed by atoms with E-state index in [2.05, 4.69) is 5.32 Å². The first kappa shape index (κ1) is 21.6. The van der Waals surface area contributed by atoms with E-state index in [1.54, 1.807) is 19.1 Å². The first-order chi connectivity index (χ1) is 13.4. The summed E-state index contributed by atoms with van der Waals surface area (Å²) in [6.45, 7) is 3.13. The van der Waals surface area contributed by atoms with Crippen molar-refractivity contribution in [3.05, 3.63) is 28.8 Å². The van der Waals surface area contributed by atoms with Gasteiger partial charge in [0.1, 0.15) is 0 Å². The lowest BCUT2D eigenvalue weighted by Gasteiger charge is -2.38. The summed E-state index contributed by atoms with van der Waals surface area (Å²) >= 11 is 6.17. The lowest BCUT2D eigenvalue weighted by Crippen LogP contribution is -2.51. The third kappa shape index (κ3) is 4.37. The van der Waals surface area contributed by atoms with Crippen molar-refractivity contribution < 1.29 is 18.3 Å². The van der Waals surface area contributed by atoms with Gasteiger partial charge in [-0.2, -0.15) is 0 Å². The molecule has 1 aromatic carbocycles. The van der Waals surface area contributed by atoms with Crippen molar-refractivity contribution in [2.45, 2.75) is 56.4 Å². The number of nitrogens with one attached hydrogen (secondary N) is 1. The number of amides is 1. The highest BCUT2D eigenvalue weighted by Gasteiger charge is 2.41. The Morgan fingerprint density at radius 2 is 1.96 bits per heavy atom. The van der Waals surface area contributed by atoms with Crippen LogP contribution in [0.1, 0.15) is 44.1 Å². The normalized spacial score (nSPS) is 26.0. The lowest BCUT2D eigenvalue weighted by atomic mass is 9.86. The van der Waals surface area contributed by atoms with Crippen LogP contribution in [0.3, 0.4) is 0 Å². The van der Waals surface area contributed by atoms with Crippen LogP contribution in [-0.2, 0) is 14.8 Å². The number of carbonyl (C=O) groups excluding carboxylic acids is 1. The van der Waals surface area contributed by atoms with E-state index in [1.165, 1.54) is 6.07 Å². The molecule has 3 rings (SSSR count). The van der Waals surface area contributed by atoms with Crippen LogP contribution in [0.4, 0.5) is 0 Å². The minimum Gasteiger partial charge on any atom is -0.396 e. The van der Waals surface area contributed by atoms with Gasteiger partial charge in [0.05, 0.1) is 10.8 Å². The van der Waals surface area contributed by atoms with Crippen molar-refractivity contribution in [2.24, 2.45) is 11.8 Å². The average molecular weight is 429 g/mol. The van der Waals surface area contributed by atoms with Crippen molar-refractivity contribution in [2.75, 3.05) is 19.7 Å². The molecule has 0 spiro atoms. The number of hydrogen-bond acceptors (Lipinski definition) is 5. The summed E-state index contributed by atoms with van der Waals surface area (Å²) in [5.41, 5.74) is 0.466. The fourth-order valence-corrected chi connectivity index (χ4v) is 6.45. The molecule has 2 fully saturated rings. The Bertz CT molecular complexity index is 800. The highest BCUT2D eigenvalue weighted by Crippen LogP contribution is 2.34. The lowest BCUT2D eigenvalue weighted by molar-refractivity contribution is -0.133. The number of nitrogens with zero attached hydrogens (tertiary/aromatic N) is 1. The summed E-state index contributed by atoms with van der Waals surface area (Å²) in [6, 6.07) is 4.41. The van der Waals surface area contributed by atoms with Gasteiger partial charge in [-0.3, -0.25) is 4.79 Å². The number of halogens is 1. The molecule has 0 aromatic heterocycles. The summed E-state index contributed by atoms with van der Waals surface area (Å²) in [5.74, 6) is -0.474. The van der Waals surface area contributed by atoms with Gasteiger partial charge in [-0.05, 0) is 75.6 Å². The van der Waals surface area contributed by atoms with Crippen molar-refractivity contribution in [1.29, 1.82) is 0 Å². The van der Waals surface area contributed by atoms with Gasteiger partial charge in [0, 0.05) is 24.2 Å². The molecule has 1 saturated carbocycles. The van der Waals surface area contributed by atoms with Crippen LogP contribution in [0.2, 0.25) is 5.02 Å². The number of aliphatic hydroxyl groups is 1. The van der Waals surface area contributed by atoms with Crippen molar-refractivity contribution in [1.82, 2.24) is 9.62 Å². The van der Waals surface area contributed by atoms with Gasteiger partial charge < -0.3 is 10.4 Å². The average Bonchev–Trinajstić information content (AvgIpc) is 2.71. The molecule has 1 amide bonds. The molecular formula is C20H29ClN2O4S. The highest BCUT2D eigenvalue weighted by molar-refractivity contribution is 7.89. The van der Waals surface area contributed by atoms with Gasteiger partial charge in [0.25, 0.3) is 10.0 Å². The maximum atomic E-state index is 13.6. The maximum absolute atomic E-state index is 13.6. The van der Waals surface area contributed by atoms with E-state index in [0.29, 0.717) is 36.4 Å². The van der Waals surface area contributed by atoms with Crippen LogP contribution in [-0.4, -0.2) is 49.5 Å². The fourth-order valence-electron chi connectivity index (χ4n) is 4.27. The van der Waals surface area contributed by atoms with Crippen LogP contribution < -0.4 is 5.32 Å². The van der Waals surface area contributed by atoms with Gasteiger partial charge in [-0.25, -0.2) is 12.7 Å². The third-order valence-electron chi connectivity index (χ3n) is 6.02. The molecule has 1 aliphatic heterocycles. The topological polar surface area (TPSA) is 86.7 Å². The molecule has 2 aliphatic rings. The van der Waals surface area contributed by atoms with E-state index in [1.807, 2.05) is 0 Å². The van der Waals surface area contributed by atoms with Gasteiger partial charge in [0.15, 0.2) is 0 Å². The molecule has 8 heteroatoms. The van der Waals surface area contributed by atoms with E-state index in [0.717, 1.165) is 30.1 Å². The van der Waals surface area contributed by atoms with E-state index in [4.69, 9.17) is 11.6 Å². The second-order valence-electron chi connectivity index (χ2n) is 7.90. The molecule has 1 atom stereocenters. The van der Waals surface area contributed by atoms with E-state index < -0.39 is 10.0 Å². The molecule has 1 saturated heterocycles. The van der Waals surface area contributed by atoms with Crippen LogP contribution >= 0.6 is 11.6 Å². The third-order valence-corrected chi connectivity index (χ3v) is 8.43. The van der Waals surface area contributed by atoms with E-state index in [-0.39, 0.29) is 35.3 Å². The Morgan fingerprint density at radius 1 is 1.25 bits per heavy atom. The van der Waals surface area contributed by atoms with Gasteiger partial charge in [-0.15, -0.1) is 0 Å². The number of hydrogen-bond donors (Lipinski definition) is 2. The molecule has 28 heavy (non-hydrogen) atoms. The summed E-state index contributed by atoms with van der Waals surface area (Å²) in [4.78, 5) is 13.5. The molecular weight excluding hydrogens is 400 g/mol. The summed E-state index contributed by atoms with van der Waals surface area (Å²) in [5, 5.41) is 13.0. The fraction of sp³-hybridized carbons (Fsp3) is 0.650. The number of benzene rings is 1. The Kier molecular flexibility index (Phi) is 7.02. The van der Waals surface area contributed by atoms with Crippen molar-refractivity contribution in [3.8, 4) is 0 Å². The van der Waals surface area contributed by atoms with E-state index in [9.17, 15) is 18.3 Å². The minimum atomic E-state index is -4.02. The van der Waals surface area contributed by atoms with Gasteiger partial charge in [-0.1, -0.05) is 17.7 Å². The van der Waals surface area contributed by atoms with Crippen LogP contribution in [0, 0.1) is 18.8 Å². The largest absolute Gasteiger partial charge is 0.396 e. The number of sulfonamides is 1. The zero-order chi connectivity index (χ0) is 20.3. The summed E-state index contributed by atoms with van der Waals surface area (Å²) < 4.78 is 28.4. The molecule has 1 aromatic rings. The monoisotopic (exact) mass is 428 g/mol. The maximum Gasteiger partial charge on any atom is 0.267 e. The van der Waals surface area contributed by atoms with Gasteiger partial charge >= 0.3 is 0 Å². The minimum absolute atomic E-state index is 0.0985. The number of aliphatic hydroxyl groups excluding tert-OH is 1. The molecule has 156 valence electrons.